The topological polar surface area (TPSA) is 58.9 Å². The first-order valence-corrected chi connectivity index (χ1v) is 11.1. The Morgan fingerprint density at radius 3 is 1.61 bits per heavy atom. The van der Waals surface area contributed by atoms with Crippen LogP contribution < -0.4 is 0 Å². The lowest BCUT2D eigenvalue weighted by Gasteiger charge is -2.45. The smallest absolute Gasteiger partial charge is 0.211 e. The second kappa shape index (κ2) is 10.0. The molecule has 164 valence electrons. The van der Waals surface area contributed by atoms with Crippen molar-refractivity contribution >= 4 is 23.5 Å². The Kier molecular flexibility index (Phi) is 7.90. The SMILES string of the molecule is CC(C)c1c(N=C=O)ccc(C(c2ccc(N=C=O)cc2)(C(C)C)C(C)C)c1C(C)C. The highest BCUT2D eigenvalue weighted by Gasteiger charge is 2.43. The standard InChI is InChI=1S/C27H34N2O2/c1-17(2)25-23(13-14-24(29-16-31)26(25)18(3)4)27(19(5)6,20(7)8)21-9-11-22(12-10-21)28-15-30/h9-14,17-20H,1-8H3. The second-order valence-electron chi connectivity index (χ2n) is 9.40. The van der Waals surface area contributed by atoms with Crippen molar-refractivity contribution in [3.63, 3.8) is 0 Å². The molecule has 0 fully saturated rings. The van der Waals surface area contributed by atoms with Gasteiger partial charge in [-0.3, -0.25) is 0 Å². The van der Waals surface area contributed by atoms with Crippen molar-refractivity contribution in [2.45, 2.75) is 72.6 Å². The molecule has 0 atom stereocenters. The molecule has 0 aliphatic carbocycles. The number of hydrogen-bond donors (Lipinski definition) is 0. The molecule has 0 spiro atoms. The predicted molar refractivity (Wildman–Crippen MR) is 127 cm³/mol. The van der Waals surface area contributed by atoms with Gasteiger partial charge in [-0.05, 0) is 64.1 Å². The van der Waals surface area contributed by atoms with E-state index >= 15 is 0 Å². The fraction of sp³-hybridized carbons (Fsp3) is 0.481. The number of aliphatic imine (C=N–C) groups is 2. The van der Waals surface area contributed by atoms with Gasteiger partial charge in [-0.15, -0.1) is 0 Å². The van der Waals surface area contributed by atoms with Crippen LogP contribution in [0.2, 0.25) is 0 Å². The van der Waals surface area contributed by atoms with Gasteiger partial charge < -0.3 is 0 Å². The average Bonchev–Trinajstić information content (AvgIpc) is 2.69. The Labute approximate surface area is 186 Å². The van der Waals surface area contributed by atoms with E-state index in [9.17, 15) is 9.59 Å². The number of rotatable bonds is 8. The van der Waals surface area contributed by atoms with Gasteiger partial charge in [0.2, 0.25) is 12.2 Å². The molecule has 0 heterocycles. The monoisotopic (exact) mass is 418 g/mol. The Morgan fingerprint density at radius 1 is 0.677 bits per heavy atom. The maximum Gasteiger partial charge on any atom is 0.240 e. The van der Waals surface area contributed by atoms with Crippen molar-refractivity contribution in [3.05, 3.63) is 58.7 Å². The lowest BCUT2D eigenvalue weighted by Crippen LogP contribution is -2.40. The van der Waals surface area contributed by atoms with Gasteiger partial charge in [-0.25, -0.2) is 9.59 Å². The zero-order chi connectivity index (χ0) is 23.3. The summed E-state index contributed by atoms with van der Waals surface area (Å²) in [5.74, 6) is 1.06. The van der Waals surface area contributed by atoms with Crippen molar-refractivity contribution in [2.24, 2.45) is 21.8 Å². The number of carbonyl (C=O) groups excluding carboxylic acids is 2. The predicted octanol–water partition coefficient (Wildman–Crippen LogP) is 7.47. The van der Waals surface area contributed by atoms with Crippen LogP contribution in [0.3, 0.4) is 0 Å². The van der Waals surface area contributed by atoms with Crippen LogP contribution in [0, 0.1) is 11.8 Å². The van der Waals surface area contributed by atoms with E-state index in [1.54, 1.807) is 12.2 Å². The third kappa shape index (κ3) is 4.46. The molecule has 0 aliphatic rings. The van der Waals surface area contributed by atoms with E-state index in [-0.39, 0.29) is 17.3 Å². The highest BCUT2D eigenvalue weighted by molar-refractivity contribution is 5.63. The highest BCUT2D eigenvalue weighted by Crippen LogP contribution is 2.50. The van der Waals surface area contributed by atoms with E-state index < -0.39 is 0 Å². The fourth-order valence-corrected chi connectivity index (χ4v) is 5.34. The van der Waals surface area contributed by atoms with E-state index in [1.165, 1.54) is 16.7 Å². The lowest BCUT2D eigenvalue weighted by molar-refractivity contribution is 0.270. The van der Waals surface area contributed by atoms with Crippen LogP contribution in [-0.4, -0.2) is 12.2 Å². The lowest BCUT2D eigenvalue weighted by atomic mass is 9.58. The molecule has 0 aliphatic heterocycles. The largest absolute Gasteiger partial charge is 0.240 e. The molecule has 0 aromatic heterocycles. The number of benzene rings is 2. The summed E-state index contributed by atoms with van der Waals surface area (Å²) in [7, 11) is 0. The Bertz CT molecular complexity index is 996. The molecule has 0 saturated carbocycles. The molecule has 4 nitrogen and oxygen atoms in total. The van der Waals surface area contributed by atoms with Crippen LogP contribution in [0.25, 0.3) is 0 Å². The van der Waals surface area contributed by atoms with Crippen LogP contribution in [0.5, 0.6) is 0 Å². The van der Waals surface area contributed by atoms with Crippen molar-refractivity contribution in [2.75, 3.05) is 0 Å². The van der Waals surface area contributed by atoms with E-state index in [0.717, 1.165) is 5.56 Å². The molecule has 4 heteroatoms. The normalized spacial score (nSPS) is 11.7. The van der Waals surface area contributed by atoms with E-state index in [0.29, 0.717) is 23.2 Å². The Morgan fingerprint density at radius 2 is 1.19 bits per heavy atom. The molecule has 0 saturated heterocycles. The van der Waals surface area contributed by atoms with Crippen LogP contribution in [0.1, 0.15) is 89.5 Å². The summed E-state index contributed by atoms with van der Waals surface area (Å²) in [6.45, 7) is 17.7. The first kappa shape index (κ1) is 24.5. The molecule has 0 amide bonds. The number of hydrogen-bond acceptors (Lipinski definition) is 4. The van der Waals surface area contributed by atoms with Crippen LogP contribution in [-0.2, 0) is 15.0 Å². The zero-order valence-corrected chi connectivity index (χ0v) is 20.0. The van der Waals surface area contributed by atoms with Gasteiger partial charge in [-0.2, -0.15) is 9.98 Å². The third-order valence-electron chi connectivity index (χ3n) is 6.37. The first-order chi connectivity index (χ1) is 14.6. The third-order valence-corrected chi connectivity index (χ3v) is 6.37. The molecule has 0 N–H and O–H groups in total. The van der Waals surface area contributed by atoms with Gasteiger partial charge in [0.1, 0.15) is 0 Å². The van der Waals surface area contributed by atoms with Crippen LogP contribution in [0.4, 0.5) is 11.4 Å². The Balaban J connectivity index is 3.01. The average molecular weight is 419 g/mol. The molecule has 2 aromatic rings. The van der Waals surface area contributed by atoms with Crippen molar-refractivity contribution in [1.29, 1.82) is 0 Å². The van der Waals surface area contributed by atoms with Gasteiger partial charge in [-0.1, -0.05) is 73.6 Å². The minimum Gasteiger partial charge on any atom is -0.211 e. The molecule has 0 bridgehead atoms. The molecular formula is C27H34N2O2. The maximum atomic E-state index is 11.1. The summed E-state index contributed by atoms with van der Waals surface area (Å²) in [5.41, 5.74) is 5.86. The molecule has 2 aromatic carbocycles. The fourth-order valence-electron chi connectivity index (χ4n) is 5.34. The number of isocyanates is 2. The minimum atomic E-state index is -0.268. The molecule has 31 heavy (non-hydrogen) atoms. The van der Waals surface area contributed by atoms with E-state index in [1.807, 2.05) is 18.2 Å². The van der Waals surface area contributed by atoms with Gasteiger partial charge in [0.05, 0.1) is 11.4 Å². The molecule has 0 unspecified atom stereocenters. The molecule has 2 rings (SSSR count). The van der Waals surface area contributed by atoms with Gasteiger partial charge in [0.25, 0.3) is 0 Å². The summed E-state index contributed by atoms with van der Waals surface area (Å²) in [6, 6.07) is 12.0. The van der Waals surface area contributed by atoms with Gasteiger partial charge in [0.15, 0.2) is 0 Å². The maximum absolute atomic E-state index is 11.1. The summed E-state index contributed by atoms with van der Waals surface area (Å²) in [4.78, 5) is 29.6. The number of nitrogens with zero attached hydrogens (tertiary/aromatic N) is 2. The second-order valence-corrected chi connectivity index (χ2v) is 9.40. The van der Waals surface area contributed by atoms with Crippen LogP contribution in [0.15, 0.2) is 46.4 Å². The van der Waals surface area contributed by atoms with Gasteiger partial charge in [0, 0.05) is 5.41 Å². The summed E-state index contributed by atoms with van der Waals surface area (Å²) < 4.78 is 0. The van der Waals surface area contributed by atoms with Gasteiger partial charge >= 0.3 is 0 Å². The quantitative estimate of drug-likeness (QED) is 0.330. The van der Waals surface area contributed by atoms with Crippen molar-refractivity contribution < 1.29 is 9.59 Å². The van der Waals surface area contributed by atoms with E-state index in [4.69, 9.17) is 0 Å². The van der Waals surface area contributed by atoms with Crippen molar-refractivity contribution in [1.82, 2.24) is 0 Å². The highest BCUT2D eigenvalue weighted by atomic mass is 16.1. The summed E-state index contributed by atoms with van der Waals surface area (Å²) >= 11 is 0. The summed E-state index contributed by atoms with van der Waals surface area (Å²) in [5, 5.41) is 0. The summed E-state index contributed by atoms with van der Waals surface area (Å²) in [6.07, 6.45) is 3.35. The van der Waals surface area contributed by atoms with Crippen molar-refractivity contribution in [3.8, 4) is 0 Å². The van der Waals surface area contributed by atoms with E-state index in [2.05, 4.69) is 83.6 Å². The Hall–Kier alpha value is -2.80. The molecule has 0 radical (unpaired) electrons. The minimum absolute atomic E-state index is 0.214. The first-order valence-electron chi connectivity index (χ1n) is 11.1. The molecular weight excluding hydrogens is 384 g/mol. The van der Waals surface area contributed by atoms with Crippen LogP contribution >= 0.6 is 0 Å². The zero-order valence-electron chi connectivity index (χ0n) is 20.0.